The van der Waals surface area contributed by atoms with E-state index in [1.54, 1.807) is 12.1 Å². The monoisotopic (exact) mass is 429 g/mol. The van der Waals surface area contributed by atoms with E-state index in [1.807, 2.05) is 17.6 Å². The summed E-state index contributed by atoms with van der Waals surface area (Å²) in [7, 11) is 0. The van der Waals surface area contributed by atoms with Crippen molar-refractivity contribution in [3.05, 3.63) is 75.3 Å². The predicted octanol–water partition coefficient (Wildman–Crippen LogP) is 3.69. The number of hydrogen-bond donors (Lipinski definition) is 2. The third-order valence-electron chi connectivity index (χ3n) is 3.74. The molecule has 0 saturated heterocycles. The topological polar surface area (TPSA) is 107 Å². The number of halogens is 2. The number of nitriles is 1. The predicted molar refractivity (Wildman–Crippen MR) is 98.1 cm³/mol. The lowest BCUT2D eigenvalue weighted by Crippen LogP contribution is -2.22. The maximum atomic E-state index is 13.4. The molecule has 0 atom stereocenters. The number of aryl methyl sites for hydroxylation is 2. The van der Waals surface area contributed by atoms with Gasteiger partial charge in [0.2, 0.25) is 0 Å². The van der Waals surface area contributed by atoms with Crippen LogP contribution in [-0.2, 0) is 12.8 Å². The zero-order chi connectivity index (χ0) is 19.2. The summed E-state index contributed by atoms with van der Waals surface area (Å²) < 4.78 is 18.4. The summed E-state index contributed by atoms with van der Waals surface area (Å²) in [5, 5.41) is 26.1. The van der Waals surface area contributed by atoms with E-state index < -0.39 is 5.82 Å². The second kappa shape index (κ2) is 8.53. The molecule has 0 spiro atoms. The van der Waals surface area contributed by atoms with Crippen LogP contribution in [0.2, 0.25) is 0 Å². The molecule has 136 valence electrons. The van der Waals surface area contributed by atoms with Crippen molar-refractivity contribution in [1.29, 1.82) is 5.26 Å². The Morgan fingerprint density at radius 1 is 1.26 bits per heavy atom. The largest absolute Gasteiger partial charge is 0.290 e. The van der Waals surface area contributed by atoms with Crippen molar-refractivity contribution < 1.29 is 14.2 Å². The normalized spacial score (nSPS) is 11.3. The minimum atomic E-state index is -0.421. The van der Waals surface area contributed by atoms with Crippen molar-refractivity contribution in [3.8, 4) is 6.07 Å². The van der Waals surface area contributed by atoms with E-state index in [4.69, 9.17) is 9.89 Å². The lowest BCUT2D eigenvalue weighted by atomic mass is 10.0. The van der Waals surface area contributed by atoms with Gasteiger partial charge < -0.3 is 0 Å². The van der Waals surface area contributed by atoms with Crippen LogP contribution in [0.5, 0.6) is 0 Å². The van der Waals surface area contributed by atoms with Crippen LogP contribution >= 0.6 is 15.9 Å². The van der Waals surface area contributed by atoms with Crippen LogP contribution in [0.15, 0.2) is 56.6 Å². The van der Waals surface area contributed by atoms with Crippen LogP contribution in [0.3, 0.4) is 0 Å². The molecule has 3 rings (SSSR count). The third-order valence-corrected chi connectivity index (χ3v) is 4.35. The van der Waals surface area contributed by atoms with Gasteiger partial charge >= 0.3 is 0 Å². The average molecular weight is 430 g/mol. The average Bonchev–Trinajstić information content (AvgIpc) is 3.15. The Morgan fingerprint density at radius 3 is 2.85 bits per heavy atom. The fraction of sp³-hybridized carbons (Fsp3) is 0.111. The number of rotatable bonds is 5. The first-order valence-corrected chi connectivity index (χ1v) is 8.64. The molecule has 9 heteroatoms. The molecule has 1 aromatic heterocycles. The molecule has 3 aromatic rings. The smallest absolute Gasteiger partial charge is 0.181 e. The Balaban J connectivity index is 1.82. The van der Waals surface area contributed by atoms with Crippen LogP contribution in [-0.4, -0.2) is 21.4 Å². The molecule has 0 bridgehead atoms. The van der Waals surface area contributed by atoms with Crippen molar-refractivity contribution in [1.82, 2.24) is 15.8 Å². The van der Waals surface area contributed by atoms with Gasteiger partial charge in [0.05, 0.1) is 21.8 Å². The lowest BCUT2D eigenvalue weighted by Gasteiger charge is -2.04. The SMILES string of the molecule is N#Cc1cccc(CCc2nonc2C(=Nc2ccc(F)c(Br)c2)NO)c1. The van der Waals surface area contributed by atoms with Gasteiger partial charge in [-0.25, -0.2) is 14.0 Å². The molecule has 0 aliphatic heterocycles. The second-order valence-electron chi connectivity index (χ2n) is 5.54. The standard InChI is InChI=1S/C18H13BrFN5O2/c19-14-9-13(5-6-15(14)20)22-18(23-26)17-16(24-27-25-17)7-4-11-2-1-3-12(8-11)10-21/h1-3,5-6,8-9,26H,4,7H2,(H,22,23). The zero-order valence-electron chi connectivity index (χ0n) is 13.9. The van der Waals surface area contributed by atoms with Crippen LogP contribution < -0.4 is 5.48 Å². The molecule has 0 saturated carbocycles. The molecule has 2 N–H and O–H groups in total. The number of amidine groups is 1. The van der Waals surface area contributed by atoms with Gasteiger partial charge in [0.1, 0.15) is 11.5 Å². The van der Waals surface area contributed by atoms with Crippen LogP contribution in [0, 0.1) is 17.1 Å². The Bertz CT molecular complexity index is 1030. The molecule has 1 heterocycles. The molecule has 0 unspecified atom stereocenters. The van der Waals surface area contributed by atoms with Gasteiger partial charge in [0.15, 0.2) is 11.5 Å². The molecule has 27 heavy (non-hydrogen) atoms. The summed E-state index contributed by atoms with van der Waals surface area (Å²) in [6.45, 7) is 0. The quantitative estimate of drug-likeness (QED) is 0.363. The third kappa shape index (κ3) is 4.55. The summed E-state index contributed by atoms with van der Waals surface area (Å²) in [6, 6.07) is 13.5. The van der Waals surface area contributed by atoms with E-state index in [0.717, 1.165) is 5.56 Å². The highest BCUT2D eigenvalue weighted by Gasteiger charge is 2.16. The Labute approximate surface area is 162 Å². The van der Waals surface area contributed by atoms with Gasteiger partial charge in [-0.15, -0.1) is 0 Å². The van der Waals surface area contributed by atoms with Gasteiger partial charge in [-0.2, -0.15) is 5.26 Å². The van der Waals surface area contributed by atoms with E-state index >= 15 is 0 Å². The fourth-order valence-electron chi connectivity index (χ4n) is 2.42. The van der Waals surface area contributed by atoms with Crippen LogP contribution in [0.25, 0.3) is 0 Å². The fourth-order valence-corrected chi connectivity index (χ4v) is 2.79. The van der Waals surface area contributed by atoms with Crippen molar-refractivity contribution >= 4 is 27.5 Å². The molecular weight excluding hydrogens is 417 g/mol. The molecule has 2 aromatic carbocycles. The van der Waals surface area contributed by atoms with Crippen molar-refractivity contribution in [2.75, 3.05) is 0 Å². The number of hydroxylamine groups is 1. The summed E-state index contributed by atoms with van der Waals surface area (Å²) in [5.74, 6) is -0.397. The van der Waals surface area contributed by atoms with E-state index in [9.17, 15) is 9.60 Å². The number of aliphatic imine (C=N–C) groups is 1. The summed E-state index contributed by atoms with van der Waals surface area (Å²) >= 11 is 3.09. The minimum Gasteiger partial charge on any atom is -0.290 e. The molecule has 0 radical (unpaired) electrons. The Morgan fingerprint density at radius 2 is 2.11 bits per heavy atom. The number of nitrogens with one attached hydrogen (secondary N) is 1. The Hall–Kier alpha value is -3.09. The summed E-state index contributed by atoms with van der Waals surface area (Å²) in [6.07, 6.45) is 1.05. The van der Waals surface area contributed by atoms with Gasteiger partial charge in [-0.3, -0.25) is 10.7 Å². The van der Waals surface area contributed by atoms with E-state index in [-0.39, 0.29) is 16.0 Å². The first kappa shape index (κ1) is 18.7. The van der Waals surface area contributed by atoms with Crippen LogP contribution in [0.1, 0.15) is 22.5 Å². The van der Waals surface area contributed by atoms with Gasteiger partial charge in [0.25, 0.3) is 0 Å². The maximum absolute atomic E-state index is 13.4. The first-order valence-electron chi connectivity index (χ1n) is 7.85. The molecule has 0 aliphatic rings. The number of aromatic nitrogens is 2. The molecule has 0 amide bonds. The summed E-state index contributed by atoms with van der Waals surface area (Å²) in [4.78, 5) is 4.22. The van der Waals surface area contributed by atoms with Crippen molar-refractivity contribution in [3.63, 3.8) is 0 Å². The van der Waals surface area contributed by atoms with Crippen molar-refractivity contribution in [2.24, 2.45) is 4.99 Å². The minimum absolute atomic E-state index is 0.0236. The molecule has 0 aliphatic carbocycles. The number of nitrogens with zero attached hydrogens (tertiary/aromatic N) is 4. The number of hydrogen-bond acceptors (Lipinski definition) is 6. The molecule has 0 fully saturated rings. The van der Waals surface area contributed by atoms with Gasteiger partial charge in [0, 0.05) is 0 Å². The lowest BCUT2D eigenvalue weighted by molar-refractivity contribution is 0.234. The van der Waals surface area contributed by atoms with E-state index in [2.05, 4.69) is 37.3 Å². The first-order chi connectivity index (χ1) is 13.1. The molecular formula is C18H13BrFN5O2. The molecule has 7 nitrogen and oxygen atoms in total. The second-order valence-corrected chi connectivity index (χ2v) is 6.40. The zero-order valence-corrected chi connectivity index (χ0v) is 15.4. The van der Waals surface area contributed by atoms with Crippen LogP contribution in [0.4, 0.5) is 10.1 Å². The van der Waals surface area contributed by atoms with Gasteiger partial charge in [-0.05, 0) is 69.8 Å². The van der Waals surface area contributed by atoms with E-state index in [0.29, 0.717) is 29.8 Å². The highest BCUT2D eigenvalue weighted by molar-refractivity contribution is 9.10. The van der Waals surface area contributed by atoms with Crippen molar-refractivity contribution in [2.45, 2.75) is 12.8 Å². The Kier molecular flexibility index (Phi) is 5.90. The maximum Gasteiger partial charge on any atom is 0.181 e. The highest BCUT2D eigenvalue weighted by atomic mass is 79.9. The summed E-state index contributed by atoms with van der Waals surface area (Å²) in [5.41, 5.74) is 4.64. The van der Waals surface area contributed by atoms with Gasteiger partial charge in [-0.1, -0.05) is 17.3 Å². The van der Waals surface area contributed by atoms with E-state index in [1.165, 1.54) is 18.2 Å². The number of benzene rings is 2. The highest BCUT2D eigenvalue weighted by Crippen LogP contribution is 2.23.